The third-order valence-corrected chi connectivity index (χ3v) is 4.51. The molecule has 1 aliphatic carbocycles. The highest BCUT2D eigenvalue weighted by atomic mass is 16.3. The lowest BCUT2D eigenvalue weighted by Gasteiger charge is -2.46. The Balaban J connectivity index is 1.92. The molecule has 1 saturated carbocycles. The van der Waals surface area contributed by atoms with Crippen molar-refractivity contribution in [3.8, 4) is 0 Å². The highest BCUT2D eigenvalue weighted by molar-refractivity contribution is 5.79. The van der Waals surface area contributed by atoms with E-state index in [0.29, 0.717) is 11.8 Å². The van der Waals surface area contributed by atoms with Crippen LogP contribution in [0.3, 0.4) is 0 Å². The summed E-state index contributed by atoms with van der Waals surface area (Å²) < 4.78 is 0. The van der Waals surface area contributed by atoms with Crippen molar-refractivity contribution in [1.82, 2.24) is 4.98 Å². The number of aryl methyl sites for hydroxylation is 1. The molecule has 3 rings (SSSR count). The number of fused-ring (bicyclic) bond motifs is 1. The van der Waals surface area contributed by atoms with Crippen molar-refractivity contribution in [2.24, 2.45) is 11.8 Å². The summed E-state index contributed by atoms with van der Waals surface area (Å²) in [6, 6.07) is 10.3. The Labute approximate surface area is 114 Å². The first-order valence-electron chi connectivity index (χ1n) is 7.08. The maximum atomic E-state index is 10.7. The first-order chi connectivity index (χ1) is 8.98. The summed E-state index contributed by atoms with van der Waals surface area (Å²) in [4.78, 5) is 4.50. The molecular weight excluding hydrogens is 234 g/mol. The zero-order valence-electron chi connectivity index (χ0n) is 11.9. The Kier molecular flexibility index (Phi) is 2.86. The molecule has 0 aliphatic heterocycles. The molecule has 0 saturated heterocycles. The van der Waals surface area contributed by atoms with Gasteiger partial charge in [-0.3, -0.25) is 4.98 Å². The zero-order chi connectivity index (χ0) is 13.6. The number of rotatable bonds is 2. The molecule has 2 nitrogen and oxygen atoms in total. The van der Waals surface area contributed by atoms with Crippen molar-refractivity contribution < 1.29 is 5.11 Å². The van der Waals surface area contributed by atoms with Crippen LogP contribution in [0.1, 0.15) is 37.9 Å². The largest absolute Gasteiger partial charge is 0.385 e. The standard InChI is InChI=1S/C17H21NO/c1-11(2)14-9-17(19,10-14)15-6-7-16-13(8-15)5-4-12(3)18-16/h4-8,11,14,19H,9-10H2,1-3H3. The molecule has 2 heteroatoms. The van der Waals surface area contributed by atoms with E-state index in [4.69, 9.17) is 0 Å². The van der Waals surface area contributed by atoms with E-state index >= 15 is 0 Å². The van der Waals surface area contributed by atoms with Gasteiger partial charge in [0.05, 0.1) is 11.1 Å². The highest BCUT2D eigenvalue weighted by Gasteiger charge is 2.44. The molecule has 1 heterocycles. The molecule has 0 amide bonds. The van der Waals surface area contributed by atoms with Crippen molar-refractivity contribution in [1.29, 1.82) is 0 Å². The Morgan fingerprint density at radius 1 is 1.21 bits per heavy atom. The molecule has 0 radical (unpaired) electrons. The molecule has 1 N–H and O–H groups in total. The second-order valence-corrected chi connectivity index (χ2v) is 6.30. The molecule has 0 unspecified atom stereocenters. The first kappa shape index (κ1) is 12.6. The van der Waals surface area contributed by atoms with E-state index < -0.39 is 5.60 Å². The molecule has 2 aromatic rings. The normalized spacial score (nSPS) is 26.7. The number of benzene rings is 1. The number of hydrogen-bond donors (Lipinski definition) is 1. The van der Waals surface area contributed by atoms with E-state index in [-0.39, 0.29) is 0 Å². The van der Waals surface area contributed by atoms with Gasteiger partial charge < -0.3 is 5.11 Å². The van der Waals surface area contributed by atoms with E-state index in [1.807, 2.05) is 25.1 Å². The summed E-state index contributed by atoms with van der Waals surface area (Å²) in [5, 5.41) is 11.8. The van der Waals surface area contributed by atoms with Gasteiger partial charge in [-0.05, 0) is 55.4 Å². The smallest absolute Gasteiger partial charge is 0.0902 e. The summed E-state index contributed by atoms with van der Waals surface area (Å²) in [6.07, 6.45) is 1.77. The van der Waals surface area contributed by atoms with Crippen molar-refractivity contribution >= 4 is 10.9 Å². The van der Waals surface area contributed by atoms with Crippen LogP contribution in [0.5, 0.6) is 0 Å². The average molecular weight is 255 g/mol. The van der Waals surface area contributed by atoms with Crippen LogP contribution in [0.2, 0.25) is 0 Å². The number of nitrogens with zero attached hydrogens (tertiary/aromatic N) is 1. The average Bonchev–Trinajstić information content (AvgIpc) is 2.34. The summed E-state index contributed by atoms with van der Waals surface area (Å²) in [5.41, 5.74) is 2.46. The van der Waals surface area contributed by atoms with E-state index in [1.54, 1.807) is 0 Å². The van der Waals surface area contributed by atoms with E-state index in [2.05, 4.69) is 31.0 Å². The summed E-state index contributed by atoms with van der Waals surface area (Å²) in [5.74, 6) is 1.31. The van der Waals surface area contributed by atoms with Gasteiger partial charge in [0.2, 0.25) is 0 Å². The second kappa shape index (κ2) is 4.31. The monoisotopic (exact) mass is 255 g/mol. The SMILES string of the molecule is Cc1ccc2cc(C3(O)CC(C(C)C)C3)ccc2n1. The van der Waals surface area contributed by atoms with Crippen LogP contribution in [0, 0.1) is 18.8 Å². The van der Waals surface area contributed by atoms with Crippen molar-refractivity contribution in [2.45, 2.75) is 39.2 Å². The third kappa shape index (κ3) is 2.14. The molecule has 1 aromatic carbocycles. The topological polar surface area (TPSA) is 33.1 Å². The minimum Gasteiger partial charge on any atom is -0.385 e. The third-order valence-electron chi connectivity index (χ3n) is 4.51. The fourth-order valence-corrected chi connectivity index (χ4v) is 3.03. The van der Waals surface area contributed by atoms with Crippen LogP contribution in [0.25, 0.3) is 10.9 Å². The summed E-state index contributed by atoms with van der Waals surface area (Å²) in [7, 11) is 0. The number of pyridine rings is 1. The van der Waals surface area contributed by atoms with Crippen LogP contribution in [-0.4, -0.2) is 10.1 Å². The van der Waals surface area contributed by atoms with Crippen LogP contribution in [0.4, 0.5) is 0 Å². The number of hydrogen-bond acceptors (Lipinski definition) is 2. The maximum Gasteiger partial charge on any atom is 0.0902 e. The molecule has 1 fully saturated rings. The van der Waals surface area contributed by atoms with Crippen molar-refractivity contribution in [2.75, 3.05) is 0 Å². The Hall–Kier alpha value is -1.41. The molecule has 1 aromatic heterocycles. The molecular formula is C17H21NO. The molecule has 19 heavy (non-hydrogen) atoms. The van der Waals surface area contributed by atoms with Gasteiger partial charge in [-0.15, -0.1) is 0 Å². The molecule has 1 aliphatic rings. The summed E-state index contributed by atoms with van der Waals surface area (Å²) in [6.45, 7) is 6.47. The van der Waals surface area contributed by atoms with Gasteiger partial charge in [-0.25, -0.2) is 0 Å². The second-order valence-electron chi connectivity index (χ2n) is 6.30. The van der Waals surface area contributed by atoms with E-state index in [1.165, 1.54) is 0 Å². The van der Waals surface area contributed by atoms with Crippen LogP contribution < -0.4 is 0 Å². The lowest BCUT2D eigenvalue weighted by Crippen LogP contribution is -2.43. The minimum absolute atomic E-state index is 0.617. The highest BCUT2D eigenvalue weighted by Crippen LogP contribution is 2.48. The van der Waals surface area contributed by atoms with Gasteiger partial charge in [0.25, 0.3) is 0 Å². The van der Waals surface area contributed by atoms with Gasteiger partial charge in [-0.2, -0.15) is 0 Å². The van der Waals surface area contributed by atoms with Crippen LogP contribution >= 0.6 is 0 Å². The number of aromatic nitrogens is 1. The van der Waals surface area contributed by atoms with Crippen LogP contribution in [-0.2, 0) is 5.60 Å². The van der Waals surface area contributed by atoms with Gasteiger partial charge in [0.15, 0.2) is 0 Å². The van der Waals surface area contributed by atoms with Crippen LogP contribution in [0.15, 0.2) is 30.3 Å². The van der Waals surface area contributed by atoms with Gasteiger partial charge >= 0.3 is 0 Å². The van der Waals surface area contributed by atoms with Gasteiger partial charge in [0, 0.05) is 11.1 Å². The fourth-order valence-electron chi connectivity index (χ4n) is 3.03. The van der Waals surface area contributed by atoms with Crippen molar-refractivity contribution in [3.05, 3.63) is 41.6 Å². The minimum atomic E-state index is -0.617. The molecule has 0 atom stereocenters. The van der Waals surface area contributed by atoms with E-state index in [9.17, 15) is 5.11 Å². The lowest BCUT2D eigenvalue weighted by atomic mass is 9.63. The lowest BCUT2D eigenvalue weighted by molar-refractivity contribution is -0.0932. The fraction of sp³-hybridized carbons (Fsp3) is 0.471. The van der Waals surface area contributed by atoms with Gasteiger partial charge in [0.1, 0.15) is 0 Å². The maximum absolute atomic E-state index is 10.7. The van der Waals surface area contributed by atoms with E-state index in [0.717, 1.165) is 35.0 Å². The predicted molar refractivity (Wildman–Crippen MR) is 77.9 cm³/mol. The number of aliphatic hydroxyl groups is 1. The molecule has 0 spiro atoms. The quantitative estimate of drug-likeness (QED) is 0.885. The molecule has 100 valence electrons. The summed E-state index contributed by atoms with van der Waals surface area (Å²) >= 11 is 0. The van der Waals surface area contributed by atoms with Gasteiger partial charge in [-0.1, -0.05) is 26.0 Å². The predicted octanol–water partition coefficient (Wildman–Crippen LogP) is 3.80. The zero-order valence-corrected chi connectivity index (χ0v) is 11.9. The Morgan fingerprint density at radius 2 is 1.95 bits per heavy atom. The van der Waals surface area contributed by atoms with Crippen molar-refractivity contribution in [3.63, 3.8) is 0 Å². The Morgan fingerprint density at radius 3 is 2.63 bits per heavy atom. The first-order valence-corrected chi connectivity index (χ1v) is 7.08. The Bertz CT molecular complexity index is 612. The molecule has 0 bridgehead atoms.